The number of ether oxygens (including phenoxy) is 1. The molecule has 0 aliphatic carbocycles. The van der Waals surface area contributed by atoms with Crippen LogP contribution in [0.25, 0.3) is 5.57 Å². The Balaban J connectivity index is 2.21. The van der Waals surface area contributed by atoms with Gasteiger partial charge in [-0.05, 0) is 43.9 Å². The summed E-state index contributed by atoms with van der Waals surface area (Å²) in [5.74, 6) is 1.07. The van der Waals surface area contributed by atoms with Gasteiger partial charge >= 0.3 is 0 Å². The molecule has 1 rings (SSSR count). The second kappa shape index (κ2) is 11.3. The molecule has 0 aliphatic rings. The summed E-state index contributed by atoms with van der Waals surface area (Å²) in [7, 11) is 0. The molecule has 1 aromatic rings. The van der Waals surface area contributed by atoms with Gasteiger partial charge in [0.15, 0.2) is 0 Å². The van der Waals surface area contributed by atoms with Gasteiger partial charge in [0.2, 0.25) is 0 Å². The second-order valence-electron chi connectivity index (χ2n) is 6.32. The van der Waals surface area contributed by atoms with Crippen LogP contribution in [0.4, 0.5) is 0 Å². The van der Waals surface area contributed by atoms with Crippen LogP contribution in [0.15, 0.2) is 30.0 Å². The highest BCUT2D eigenvalue weighted by atomic mass is 16.5. The van der Waals surface area contributed by atoms with Gasteiger partial charge in [-0.25, -0.2) is 0 Å². The van der Waals surface area contributed by atoms with Crippen LogP contribution in [0.5, 0.6) is 0 Å². The van der Waals surface area contributed by atoms with Gasteiger partial charge < -0.3 is 4.74 Å². The van der Waals surface area contributed by atoms with E-state index in [1.807, 2.05) is 0 Å². The summed E-state index contributed by atoms with van der Waals surface area (Å²) in [6.07, 6.45) is 10.7. The predicted molar refractivity (Wildman–Crippen MR) is 98.0 cm³/mol. The minimum absolute atomic E-state index is 0.851. The van der Waals surface area contributed by atoms with E-state index in [1.54, 1.807) is 0 Å². The average molecular weight is 303 g/mol. The van der Waals surface area contributed by atoms with Crippen molar-refractivity contribution in [1.82, 2.24) is 0 Å². The highest BCUT2D eigenvalue weighted by molar-refractivity contribution is 5.67. The molecule has 0 fully saturated rings. The van der Waals surface area contributed by atoms with Crippen molar-refractivity contribution in [3.8, 4) is 0 Å². The summed E-state index contributed by atoms with van der Waals surface area (Å²) in [5, 5.41) is 0. The summed E-state index contributed by atoms with van der Waals surface area (Å²) < 4.78 is 5.94. The Bertz CT molecular complexity index is 445. The van der Waals surface area contributed by atoms with Crippen molar-refractivity contribution in [1.29, 1.82) is 0 Å². The van der Waals surface area contributed by atoms with E-state index in [9.17, 15) is 0 Å². The summed E-state index contributed by atoms with van der Waals surface area (Å²) in [6.45, 7) is 9.53. The molecule has 0 N–H and O–H groups in total. The van der Waals surface area contributed by atoms with Gasteiger partial charge in [0, 0.05) is 0 Å². The summed E-state index contributed by atoms with van der Waals surface area (Å²) in [5.41, 5.74) is 3.88. The summed E-state index contributed by atoms with van der Waals surface area (Å²) >= 11 is 0. The van der Waals surface area contributed by atoms with Crippen LogP contribution < -0.4 is 0 Å². The van der Waals surface area contributed by atoms with Crippen molar-refractivity contribution in [3.63, 3.8) is 0 Å². The highest BCUT2D eigenvalue weighted by Gasteiger charge is 2.04. The minimum atomic E-state index is 0.851. The zero-order chi connectivity index (χ0) is 16.2. The van der Waals surface area contributed by atoms with Gasteiger partial charge in [-0.2, -0.15) is 0 Å². The number of benzene rings is 1. The maximum atomic E-state index is 5.94. The smallest absolute Gasteiger partial charge is 0.0963 e. The number of hydrogen-bond acceptors (Lipinski definition) is 1. The first-order valence-electron chi connectivity index (χ1n) is 9.03. The molecule has 0 saturated carbocycles. The molecule has 0 heterocycles. The van der Waals surface area contributed by atoms with Crippen LogP contribution in [-0.4, -0.2) is 6.61 Å². The molecule has 1 heteroatoms. The van der Waals surface area contributed by atoms with Crippen molar-refractivity contribution in [3.05, 3.63) is 41.2 Å². The molecule has 22 heavy (non-hydrogen) atoms. The Kier molecular flexibility index (Phi) is 9.70. The van der Waals surface area contributed by atoms with E-state index in [-0.39, 0.29) is 0 Å². The quantitative estimate of drug-likeness (QED) is 0.319. The fourth-order valence-corrected chi connectivity index (χ4v) is 2.75. The minimum Gasteiger partial charge on any atom is -0.498 e. The normalized spacial score (nSPS) is 12.2. The van der Waals surface area contributed by atoms with Crippen LogP contribution in [0.2, 0.25) is 0 Å². The van der Waals surface area contributed by atoms with Crippen molar-refractivity contribution in [2.75, 3.05) is 6.61 Å². The summed E-state index contributed by atoms with van der Waals surface area (Å²) in [6, 6.07) is 8.51. The molecule has 0 radical (unpaired) electrons. The number of allylic oxidation sites excluding steroid dienone is 2. The molecule has 0 aliphatic heterocycles. The first kappa shape index (κ1) is 18.8. The lowest BCUT2D eigenvalue weighted by Crippen LogP contribution is -1.96. The van der Waals surface area contributed by atoms with E-state index >= 15 is 0 Å². The van der Waals surface area contributed by atoms with Gasteiger partial charge in [-0.3, -0.25) is 0 Å². The number of rotatable bonds is 11. The molecule has 0 atom stereocenters. The average Bonchev–Trinajstić information content (AvgIpc) is 2.53. The maximum Gasteiger partial charge on any atom is 0.0963 e. The Morgan fingerprint density at radius 2 is 1.45 bits per heavy atom. The number of hydrogen-bond donors (Lipinski definition) is 0. The zero-order valence-corrected chi connectivity index (χ0v) is 15.1. The molecule has 0 saturated heterocycles. The van der Waals surface area contributed by atoms with Crippen molar-refractivity contribution < 1.29 is 4.74 Å². The van der Waals surface area contributed by atoms with E-state index in [2.05, 4.69) is 52.0 Å². The predicted octanol–water partition coefficient (Wildman–Crippen LogP) is 6.90. The van der Waals surface area contributed by atoms with Crippen molar-refractivity contribution >= 4 is 5.57 Å². The van der Waals surface area contributed by atoms with E-state index in [1.165, 1.54) is 68.1 Å². The van der Waals surface area contributed by atoms with Gasteiger partial charge in [0.25, 0.3) is 0 Å². The molecule has 124 valence electrons. The molecule has 1 nitrogen and oxygen atoms in total. The lowest BCUT2D eigenvalue weighted by Gasteiger charge is -2.12. The maximum absolute atomic E-state index is 5.94. The van der Waals surface area contributed by atoms with Gasteiger partial charge in [-0.1, -0.05) is 76.1 Å². The lowest BCUT2D eigenvalue weighted by molar-refractivity contribution is 0.208. The first-order valence-corrected chi connectivity index (χ1v) is 9.03. The monoisotopic (exact) mass is 302 g/mol. The van der Waals surface area contributed by atoms with Gasteiger partial charge in [0.1, 0.15) is 0 Å². The molecule has 1 aromatic carbocycles. The standard InChI is InChI=1S/C21H34O/c1-5-6-7-8-9-10-11-14-17-22-20(4)19(3)21-16-13-12-15-18(21)2/h12-13,15-16H,5-11,14,17H2,1-4H3. The Morgan fingerprint density at radius 3 is 2.09 bits per heavy atom. The molecule has 0 bridgehead atoms. The molecule has 0 spiro atoms. The third kappa shape index (κ3) is 7.15. The molecular formula is C21H34O. The van der Waals surface area contributed by atoms with E-state index in [0.717, 1.165) is 12.4 Å². The SMILES string of the molecule is CCCCCCCCCCOC(C)=C(C)c1ccccc1C. The van der Waals surface area contributed by atoms with E-state index in [0.29, 0.717) is 0 Å². The second-order valence-corrected chi connectivity index (χ2v) is 6.32. The van der Waals surface area contributed by atoms with Crippen molar-refractivity contribution in [2.45, 2.75) is 79.1 Å². The van der Waals surface area contributed by atoms with Crippen LogP contribution in [-0.2, 0) is 4.74 Å². The fraction of sp³-hybridized carbons (Fsp3) is 0.619. The Morgan fingerprint density at radius 1 is 0.864 bits per heavy atom. The van der Waals surface area contributed by atoms with Crippen LogP contribution in [0.3, 0.4) is 0 Å². The topological polar surface area (TPSA) is 9.23 Å². The van der Waals surface area contributed by atoms with Crippen LogP contribution in [0.1, 0.15) is 83.3 Å². The Hall–Kier alpha value is -1.24. The molecular weight excluding hydrogens is 268 g/mol. The van der Waals surface area contributed by atoms with Gasteiger partial charge in [0.05, 0.1) is 12.4 Å². The Labute approximate surface area is 137 Å². The molecule has 0 aromatic heterocycles. The lowest BCUT2D eigenvalue weighted by atomic mass is 10.0. The highest BCUT2D eigenvalue weighted by Crippen LogP contribution is 2.22. The number of unbranched alkanes of at least 4 members (excludes halogenated alkanes) is 7. The summed E-state index contributed by atoms with van der Waals surface area (Å²) in [4.78, 5) is 0. The third-order valence-corrected chi connectivity index (χ3v) is 4.39. The zero-order valence-electron chi connectivity index (χ0n) is 15.1. The van der Waals surface area contributed by atoms with Crippen molar-refractivity contribution in [2.24, 2.45) is 0 Å². The van der Waals surface area contributed by atoms with Crippen LogP contribution in [0, 0.1) is 6.92 Å². The molecule has 0 amide bonds. The van der Waals surface area contributed by atoms with E-state index in [4.69, 9.17) is 4.74 Å². The largest absolute Gasteiger partial charge is 0.498 e. The third-order valence-electron chi connectivity index (χ3n) is 4.39. The van der Waals surface area contributed by atoms with Gasteiger partial charge in [-0.15, -0.1) is 0 Å². The van der Waals surface area contributed by atoms with Crippen LogP contribution >= 0.6 is 0 Å². The number of aryl methyl sites for hydroxylation is 1. The molecule has 0 unspecified atom stereocenters. The first-order chi connectivity index (χ1) is 10.7. The fourth-order valence-electron chi connectivity index (χ4n) is 2.75. The van der Waals surface area contributed by atoms with E-state index < -0.39 is 0 Å².